The van der Waals surface area contributed by atoms with Crippen LogP contribution in [0.15, 0.2) is 59.1 Å². The molecular formula is C24H25N3O2S. The van der Waals surface area contributed by atoms with E-state index in [0.717, 1.165) is 34.3 Å². The second-order valence-corrected chi connectivity index (χ2v) is 8.28. The molecule has 2 aromatic rings. The molecule has 2 heterocycles. The van der Waals surface area contributed by atoms with Crippen molar-refractivity contribution in [3.63, 3.8) is 0 Å². The molecule has 1 saturated heterocycles. The lowest BCUT2D eigenvalue weighted by atomic mass is 9.86. The van der Waals surface area contributed by atoms with Gasteiger partial charge in [-0.3, -0.25) is 9.69 Å². The lowest BCUT2D eigenvalue weighted by Gasteiger charge is -2.42. The summed E-state index contributed by atoms with van der Waals surface area (Å²) in [6.45, 7) is 5.18. The van der Waals surface area contributed by atoms with Crippen LogP contribution in [0.1, 0.15) is 37.3 Å². The molecule has 0 radical (unpaired) electrons. The van der Waals surface area contributed by atoms with E-state index in [4.69, 9.17) is 4.74 Å². The minimum atomic E-state index is -0.202. The van der Waals surface area contributed by atoms with Gasteiger partial charge in [-0.05, 0) is 42.7 Å². The Kier molecular flexibility index (Phi) is 6.01. The highest BCUT2D eigenvalue weighted by molar-refractivity contribution is 8.03. The third-order valence-corrected chi connectivity index (χ3v) is 6.75. The number of thioether (sulfide) groups is 1. The van der Waals surface area contributed by atoms with E-state index < -0.39 is 0 Å². The molecule has 2 aliphatic heterocycles. The van der Waals surface area contributed by atoms with Gasteiger partial charge in [-0.2, -0.15) is 5.26 Å². The van der Waals surface area contributed by atoms with Crippen LogP contribution < -0.4 is 9.64 Å². The van der Waals surface area contributed by atoms with Crippen LogP contribution in [0, 0.1) is 11.3 Å². The number of nitriles is 1. The predicted octanol–water partition coefficient (Wildman–Crippen LogP) is 4.87. The van der Waals surface area contributed by atoms with E-state index >= 15 is 0 Å². The number of benzene rings is 2. The summed E-state index contributed by atoms with van der Waals surface area (Å²) in [5, 5.41) is 10.8. The van der Waals surface area contributed by atoms with Gasteiger partial charge in [0, 0.05) is 18.0 Å². The van der Waals surface area contributed by atoms with E-state index in [1.165, 1.54) is 5.56 Å². The van der Waals surface area contributed by atoms with E-state index in [1.807, 2.05) is 43.3 Å². The van der Waals surface area contributed by atoms with Gasteiger partial charge in [0.05, 0.1) is 35.8 Å². The Hall–Kier alpha value is -2.91. The van der Waals surface area contributed by atoms with Crippen molar-refractivity contribution in [2.24, 2.45) is 0 Å². The Labute approximate surface area is 181 Å². The van der Waals surface area contributed by atoms with Crippen LogP contribution in [-0.2, 0) is 11.2 Å². The number of fused-ring (bicyclic) bond motifs is 1. The highest BCUT2D eigenvalue weighted by Gasteiger charge is 2.38. The molecule has 0 spiro atoms. The van der Waals surface area contributed by atoms with Gasteiger partial charge in [0.25, 0.3) is 0 Å². The van der Waals surface area contributed by atoms with Crippen LogP contribution in [0.3, 0.4) is 0 Å². The summed E-state index contributed by atoms with van der Waals surface area (Å²) < 4.78 is 5.52. The fourth-order valence-corrected chi connectivity index (χ4v) is 5.24. The molecule has 0 bridgehead atoms. The van der Waals surface area contributed by atoms with Crippen molar-refractivity contribution in [3.05, 3.63) is 70.3 Å². The van der Waals surface area contributed by atoms with Gasteiger partial charge < -0.3 is 9.64 Å². The summed E-state index contributed by atoms with van der Waals surface area (Å²) in [7, 11) is 0. The lowest BCUT2D eigenvalue weighted by Crippen LogP contribution is -2.47. The first-order chi connectivity index (χ1) is 14.7. The van der Waals surface area contributed by atoms with Gasteiger partial charge in [-0.15, -0.1) is 0 Å². The molecule has 0 N–H and O–H groups in total. The minimum absolute atomic E-state index is 0.0639. The monoisotopic (exact) mass is 419 g/mol. The molecule has 1 fully saturated rings. The van der Waals surface area contributed by atoms with E-state index in [0.29, 0.717) is 25.3 Å². The first-order valence-electron chi connectivity index (χ1n) is 10.3. The first kappa shape index (κ1) is 20.4. The highest BCUT2D eigenvalue weighted by Crippen LogP contribution is 2.43. The molecule has 0 aromatic heterocycles. The molecule has 30 heavy (non-hydrogen) atoms. The largest absolute Gasteiger partial charge is 0.494 e. The maximum atomic E-state index is 13.1. The van der Waals surface area contributed by atoms with Gasteiger partial charge in [0.15, 0.2) is 0 Å². The van der Waals surface area contributed by atoms with Gasteiger partial charge in [-0.25, -0.2) is 0 Å². The second kappa shape index (κ2) is 8.85. The third kappa shape index (κ3) is 3.78. The van der Waals surface area contributed by atoms with Crippen LogP contribution in [0.4, 0.5) is 5.69 Å². The summed E-state index contributed by atoms with van der Waals surface area (Å²) in [5.74, 6) is 1.38. The zero-order valence-electron chi connectivity index (χ0n) is 17.3. The summed E-state index contributed by atoms with van der Waals surface area (Å²) in [4.78, 5) is 17.1. The summed E-state index contributed by atoms with van der Waals surface area (Å²) in [6, 6.07) is 18.5. The fraction of sp³-hybridized carbons (Fsp3) is 0.333. The van der Waals surface area contributed by atoms with E-state index in [2.05, 4.69) is 30.0 Å². The van der Waals surface area contributed by atoms with Crippen molar-refractivity contribution in [2.45, 2.75) is 32.6 Å². The van der Waals surface area contributed by atoms with Gasteiger partial charge >= 0.3 is 0 Å². The van der Waals surface area contributed by atoms with Crippen molar-refractivity contribution < 1.29 is 9.53 Å². The number of nitrogens with zero attached hydrogens (tertiary/aromatic N) is 3. The Morgan fingerprint density at radius 2 is 1.93 bits per heavy atom. The Morgan fingerprint density at radius 3 is 2.63 bits per heavy atom. The molecular weight excluding hydrogens is 394 g/mol. The molecule has 154 valence electrons. The summed E-state index contributed by atoms with van der Waals surface area (Å²) in [5.41, 5.74) is 4.09. The van der Waals surface area contributed by atoms with Crippen LogP contribution in [-0.4, -0.2) is 30.0 Å². The number of hydrogen-bond donors (Lipinski definition) is 0. The Bertz CT molecular complexity index is 1010. The minimum Gasteiger partial charge on any atom is -0.494 e. The number of anilines is 1. The molecule has 1 amide bonds. The number of carbonyl (C=O) groups excluding carboxylic acids is 1. The number of ether oxygens (including phenoxy) is 1. The van der Waals surface area contributed by atoms with Crippen molar-refractivity contribution in [3.8, 4) is 11.8 Å². The molecule has 0 unspecified atom stereocenters. The van der Waals surface area contributed by atoms with Crippen LogP contribution in [0.25, 0.3) is 0 Å². The number of amides is 1. The zero-order chi connectivity index (χ0) is 21.1. The standard InChI is InChI=1S/C24H25N3O2S/c1-3-17-7-5-6-8-22(17)26-15-27-23(28)13-20(21(14-25)24(27)30-16-26)18-9-11-19(12-10-18)29-4-2/h5-12,20H,3-4,13,15-16H2,1-2H3/t20-/m0/s1. The molecule has 4 rings (SSSR count). The van der Waals surface area contributed by atoms with Crippen molar-refractivity contribution in [1.29, 1.82) is 5.26 Å². The second-order valence-electron chi connectivity index (χ2n) is 7.35. The van der Waals surface area contributed by atoms with E-state index in [-0.39, 0.29) is 11.8 Å². The van der Waals surface area contributed by atoms with Crippen molar-refractivity contribution in [1.82, 2.24) is 4.90 Å². The first-order valence-corrected chi connectivity index (χ1v) is 11.3. The normalized spacial score (nSPS) is 18.8. The molecule has 2 aromatic carbocycles. The number of carbonyl (C=O) groups is 1. The molecule has 5 nitrogen and oxygen atoms in total. The average molecular weight is 420 g/mol. The van der Waals surface area contributed by atoms with Gasteiger partial charge in [0.1, 0.15) is 5.75 Å². The summed E-state index contributed by atoms with van der Waals surface area (Å²) in [6.07, 6.45) is 1.25. The number of allylic oxidation sites excluding steroid dienone is 1. The van der Waals surface area contributed by atoms with Crippen LogP contribution >= 0.6 is 11.8 Å². The average Bonchev–Trinajstić information content (AvgIpc) is 2.79. The maximum Gasteiger partial charge on any atom is 0.229 e. The number of aryl methyl sites for hydroxylation is 1. The maximum absolute atomic E-state index is 13.1. The summed E-state index contributed by atoms with van der Waals surface area (Å²) >= 11 is 1.58. The number of rotatable bonds is 5. The zero-order valence-corrected chi connectivity index (χ0v) is 18.1. The molecule has 0 saturated carbocycles. The van der Waals surface area contributed by atoms with Crippen molar-refractivity contribution >= 4 is 23.4 Å². The Morgan fingerprint density at radius 1 is 1.17 bits per heavy atom. The highest BCUT2D eigenvalue weighted by atomic mass is 32.2. The number of hydrogen-bond acceptors (Lipinski definition) is 5. The van der Waals surface area contributed by atoms with E-state index in [1.54, 1.807) is 16.7 Å². The van der Waals surface area contributed by atoms with Gasteiger partial charge in [-0.1, -0.05) is 49.0 Å². The van der Waals surface area contributed by atoms with E-state index in [9.17, 15) is 10.1 Å². The smallest absolute Gasteiger partial charge is 0.229 e. The fourth-order valence-electron chi connectivity index (χ4n) is 4.08. The van der Waals surface area contributed by atoms with Crippen LogP contribution in [0.5, 0.6) is 5.75 Å². The van der Waals surface area contributed by atoms with Crippen LogP contribution in [0.2, 0.25) is 0 Å². The van der Waals surface area contributed by atoms with Gasteiger partial charge in [0.2, 0.25) is 5.91 Å². The SMILES string of the molecule is CCOc1ccc([C@@H]2CC(=O)N3CN(c4ccccc4CC)CSC3=C2C#N)cc1. The topological polar surface area (TPSA) is 56.6 Å². The molecule has 2 aliphatic rings. The molecule has 1 atom stereocenters. The molecule has 0 aliphatic carbocycles. The Balaban J connectivity index is 1.63. The predicted molar refractivity (Wildman–Crippen MR) is 120 cm³/mol. The number of para-hydroxylation sites is 1. The molecule has 6 heteroatoms. The lowest BCUT2D eigenvalue weighted by molar-refractivity contribution is -0.129. The third-order valence-electron chi connectivity index (χ3n) is 5.60. The quantitative estimate of drug-likeness (QED) is 0.692. The van der Waals surface area contributed by atoms with Crippen molar-refractivity contribution in [2.75, 3.05) is 24.1 Å².